The molecule has 0 fully saturated rings. The number of aryl methyl sites for hydroxylation is 1. The van der Waals surface area contributed by atoms with Crippen LogP contribution in [0.4, 0.5) is 5.69 Å². The van der Waals surface area contributed by atoms with Gasteiger partial charge in [0.25, 0.3) is 5.91 Å². The van der Waals surface area contributed by atoms with Crippen molar-refractivity contribution in [3.63, 3.8) is 0 Å². The third-order valence-electron chi connectivity index (χ3n) is 5.08. The van der Waals surface area contributed by atoms with Gasteiger partial charge in [-0.3, -0.25) is 14.7 Å². The highest BCUT2D eigenvalue weighted by Gasteiger charge is 2.25. The number of likely N-dealkylation sites (N-methyl/N-ethyl adjacent to an activating group) is 1. The molecule has 1 amide bonds. The fourth-order valence-corrected chi connectivity index (χ4v) is 3.35. The molecule has 5 nitrogen and oxygen atoms in total. The van der Waals surface area contributed by atoms with E-state index < -0.39 is 0 Å². The molecule has 0 unspecified atom stereocenters. The molecule has 5 heteroatoms. The Balaban J connectivity index is 1.62. The van der Waals surface area contributed by atoms with Crippen molar-refractivity contribution in [3.05, 3.63) is 83.2 Å². The highest BCUT2D eigenvalue weighted by atomic mass is 16.2. The van der Waals surface area contributed by atoms with Gasteiger partial charge in [-0.25, -0.2) is 4.99 Å². The van der Waals surface area contributed by atoms with Gasteiger partial charge in [0.05, 0.1) is 5.52 Å². The van der Waals surface area contributed by atoms with Crippen LogP contribution in [0.1, 0.15) is 16.7 Å². The maximum absolute atomic E-state index is 12.7. The van der Waals surface area contributed by atoms with E-state index in [1.807, 2.05) is 61.5 Å². The summed E-state index contributed by atoms with van der Waals surface area (Å²) in [6.07, 6.45) is 7.41. The van der Waals surface area contributed by atoms with Gasteiger partial charge in [-0.2, -0.15) is 0 Å². The maximum atomic E-state index is 12.7. The number of carbonyl (C=O) groups is 1. The second-order valence-corrected chi connectivity index (χ2v) is 7.65. The molecule has 4 rings (SSSR count). The molecule has 1 aliphatic rings. The predicted octanol–water partition coefficient (Wildman–Crippen LogP) is 4.53. The van der Waals surface area contributed by atoms with E-state index in [-0.39, 0.29) is 5.91 Å². The number of hydrogen-bond donors (Lipinski definition) is 0. The number of nitrogens with zero attached hydrogens (tertiary/aromatic N) is 4. The summed E-state index contributed by atoms with van der Waals surface area (Å²) in [5, 5.41) is 1.03. The SMILES string of the molecule is Cc1cccc(/C=C/C2=NC(=C\c3cnc4cc(N(C)C)ccc4c3)/C(=O)N2C)c1. The summed E-state index contributed by atoms with van der Waals surface area (Å²) in [5.74, 6) is 0.499. The van der Waals surface area contributed by atoms with Gasteiger partial charge in [-0.05, 0) is 48.4 Å². The molecule has 150 valence electrons. The Morgan fingerprint density at radius 3 is 2.60 bits per heavy atom. The van der Waals surface area contributed by atoms with Gasteiger partial charge in [-0.1, -0.05) is 42.0 Å². The lowest BCUT2D eigenvalue weighted by Crippen LogP contribution is -2.26. The van der Waals surface area contributed by atoms with Gasteiger partial charge in [0, 0.05) is 38.4 Å². The molecule has 0 saturated carbocycles. The first kappa shape index (κ1) is 19.6. The van der Waals surface area contributed by atoms with Crippen molar-refractivity contribution < 1.29 is 4.79 Å². The third-order valence-corrected chi connectivity index (χ3v) is 5.08. The predicted molar refractivity (Wildman–Crippen MR) is 124 cm³/mol. The van der Waals surface area contributed by atoms with Crippen molar-refractivity contribution in [2.75, 3.05) is 26.0 Å². The fraction of sp³-hybridized carbons (Fsp3) is 0.160. The Kier molecular flexibility index (Phi) is 5.19. The van der Waals surface area contributed by atoms with Crippen LogP contribution in [0.5, 0.6) is 0 Å². The van der Waals surface area contributed by atoms with Crippen molar-refractivity contribution in [3.8, 4) is 0 Å². The van der Waals surface area contributed by atoms with E-state index in [1.165, 1.54) is 5.56 Å². The zero-order valence-corrected chi connectivity index (χ0v) is 17.6. The Labute approximate surface area is 176 Å². The number of rotatable bonds is 4. The maximum Gasteiger partial charge on any atom is 0.277 e. The van der Waals surface area contributed by atoms with E-state index in [4.69, 9.17) is 0 Å². The molecular weight excluding hydrogens is 372 g/mol. The standard InChI is InChI=1S/C25H24N4O/c1-17-6-5-7-18(12-17)8-11-24-27-23(25(30)29(24)4)14-19-13-20-9-10-21(28(2)3)15-22(20)26-16-19/h5-16H,1-4H3/b11-8+,23-14-. The first-order chi connectivity index (χ1) is 14.4. The summed E-state index contributed by atoms with van der Waals surface area (Å²) >= 11 is 0. The molecule has 2 heterocycles. The lowest BCUT2D eigenvalue weighted by molar-refractivity contribution is -0.121. The van der Waals surface area contributed by atoms with E-state index in [1.54, 1.807) is 24.2 Å². The number of anilines is 1. The van der Waals surface area contributed by atoms with Crippen LogP contribution in [-0.2, 0) is 4.79 Å². The van der Waals surface area contributed by atoms with E-state index >= 15 is 0 Å². The number of fused-ring (bicyclic) bond motifs is 1. The second-order valence-electron chi connectivity index (χ2n) is 7.65. The smallest absolute Gasteiger partial charge is 0.277 e. The molecule has 0 spiro atoms. The topological polar surface area (TPSA) is 48.8 Å². The molecule has 1 aliphatic heterocycles. The monoisotopic (exact) mass is 396 g/mol. The first-order valence-electron chi connectivity index (χ1n) is 9.81. The van der Waals surface area contributed by atoms with Crippen molar-refractivity contribution >= 4 is 40.5 Å². The first-order valence-corrected chi connectivity index (χ1v) is 9.81. The lowest BCUT2D eigenvalue weighted by atomic mass is 10.1. The number of benzene rings is 2. The molecule has 0 saturated heterocycles. The summed E-state index contributed by atoms with van der Waals surface area (Å²) in [4.78, 5) is 25.4. The molecule has 1 aromatic heterocycles. The fourth-order valence-electron chi connectivity index (χ4n) is 3.35. The second kappa shape index (κ2) is 7.95. The Bertz CT molecular complexity index is 1220. The minimum Gasteiger partial charge on any atom is -0.378 e. The number of hydrogen-bond acceptors (Lipinski definition) is 4. The third kappa shape index (κ3) is 4.01. The Morgan fingerprint density at radius 2 is 1.83 bits per heavy atom. The van der Waals surface area contributed by atoms with Crippen LogP contribution in [0, 0.1) is 6.92 Å². The number of amidine groups is 1. The summed E-state index contributed by atoms with van der Waals surface area (Å²) in [6.45, 7) is 2.06. The van der Waals surface area contributed by atoms with Gasteiger partial charge in [0.1, 0.15) is 11.5 Å². The quantitative estimate of drug-likeness (QED) is 0.609. The zero-order valence-electron chi connectivity index (χ0n) is 17.6. The average molecular weight is 396 g/mol. The molecule has 30 heavy (non-hydrogen) atoms. The lowest BCUT2D eigenvalue weighted by Gasteiger charge is -2.12. The molecular formula is C25H24N4O. The number of aliphatic imine (C=N–C) groups is 1. The molecule has 0 bridgehead atoms. The van der Waals surface area contributed by atoms with E-state index in [9.17, 15) is 4.79 Å². The van der Waals surface area contributed by atoms with Gasteiger partial charge in [-0.15, -0.1) is 0 Å². The summed E-state index contributed by atoms with van der Waals surface area (Å²) < 4.78 is 0. The highest BCUT2D eigenvalue weighted by molar-refractivity contribution is 6.18. The molecule has 0 radical (unpaired) electrons. The van der Waals surface area contributed by atoms with Gasteiger partial charge < -0.3 is 4.90 Å². The molecule has 0 N–H and O–H groups in total. The van der Waals surface area contributed by atoms with Crippen molar-refractivity contribution in [2.45, 2.75) is 6.92 Å². The molecule has 3 aromatic rings. The van der Waals surface area contributed by atoms with E-state index in [0.717, 1.165) is 27.7 Å². The summed E-state index contributed by atoms with van der Waals surface area (Å²) in [6, 6.07) is 16.4. The van der Waals surface area contributed by atoms with Crippen molar-refractivity contribution in [2.24, 2.45) is 4.99 Å². The minimum atomic E-state index is -0.123. The normalized spacial score (nSPS) is 15.5. The van der Waals surface area contributed by atoms with E-state index in [0.29, 0.717) is 11.5 Å². The van der Waals surface area contributed by atoms with Gasteiger partial charge in [0.15, 0.2) is 0 Å². The van der Waals surface area contributed by atoms with Crippen LogP contribution in [0.2, 0.25) is 0 Å². The van der Waals surface area contributed by atoms with E-state index in [2.05, 4.69) is 35.1 Å². The van der Waals surface area contributed by atoms with Gasteiger partial charge >= 0.3 is 0 Å². The average Bonchev–Trinajstić information content (AvgIpc) is 2.99. The number of pyridine rings is 1. The van der Waals surface area contributed by atoms with Crippen LogP contribution in [0.15, 0.2) is 71.5 Å². The number of carbonyl (C=O) groups excluding carboxylic acids is 1. The molecule has 2 aromatic carbocycles. The van der Waals surface area contributed by atoms with Crippen LogP contribution in [0.3, 0.4) is 0 Å². The Hall–Kier alpha value is -3.73. The van der Waals surface area contributed by atoms with Crippen LogP contribution in [-0.4, -0.2) is 42.8 Å². The number of aromatic nitrogens is 1. The largest absolute Gasteiger partial charge is 0.378 e. The molecule has 0 aliphatic carbocycles. The van der Waals surface area contributed by atoms with Crippen molar-refractivity contribution in [1.29, 1.82) is 0 Å². The molecule has 0 atom stereocenters. The highest BCUT2D eigenvalue weighted by Crippen LogP contribution is 2.23. The van der Waals surface area contributed by atoms with Crippen LogP contribution in [0.25, 0.3) is 23.1 Å². The summed E-state index contributed by atoms with van der Waals surface area (Å²) in [7, 11) is 5.75. The Morgan fingerprint density at radius 1 is 1.00 bits per heavy atom. The minimum absolute atomic E-state index is 0.123. The number of amides is 1. The summed E-state index contributed by atoms with van der Waals surface area (Å²) in [5.41, 5.74) is 5.55. The van der Waals surface area contributed by atoms with Crippen molar-refractivity contribution in [1.82, 2.24) is 9.88 Å². The zero-order chi connectivity index (χ0) is 21.3. The van der Waals surface area contributed by atoms with Crippen LogP contribution >= 0.6 is 0 Å². The van der Waals surface area contributed by atoms with Crippen LogP contribution < -0.4 is 4.90 Å². The van der Waals surface area contributed by atoms with Gasteiger partial charge in [0.2, 0.25) is 0 Å².